The van der Waals surface area contributed by atoms with Crippen molar-refractivity contribution in [1.82, 2.24) is 15.2 Å². The maximum Gasteiger partial charge on any atom is 0.304 e. The normalized spacial score (nSPS) is 23.0. The zero-order valence-corrected chi connectivity index (χ0v) is 18.7. The molecule has 9 nitrogen and oxygen atoms in total. The van der Waals surface area contributed by atoms with Crippen LogP contribution in [0.1, 0.15) is 36.0 Å². The van der Waals surface area contributed by atoms with E-state index in [-0.39, 0.29) is 22.0 Å². The Balaban J connectivity index is 1.36. The van der Waals surface area contributed by atoms with Gasteiger partial charge in [-0.3, -0.25) is 25.2 Å². The molecule has 4 rings (SSSR count). The van der Waals surface area contributed by atoms with Crippen LogP contribution in [0.25, 0.3) is 0 Å². The number of carbonyl (C=O) groups excluding carboxylic acids is 3. The first-order chi connectivity index (χ1) is 15.9. The van der Waals surface area contributed by atoms with Gasteiger partial charge in [0.25, 0.3) is 5.91 Å². The summed E-state index contributed by atoms with van der Waals surface area (Å²) >= 11 is 0. The number of sulfonamides is 1. The fraction of sp³-hybridized carbons (Fsp3) is 0.348. The minimum absolute atomic E-state index is 0.119. The first kappa shape index (κ1) is 22.9. The van der Waals surface area contributed by atoms with E-state index in [1.165, 1.54) is 28.6 Å². The Morgan fingerprint density at radius 1 is 0.909 bits per heavy atom. The zero-order valence-electron chi connectivity index (χ0n) is 17.9. The number of ether oxygens (including phenoxy) is 1. The lowest BCUT2D eigenvalue weighted by Crippen LogP contribution is -2.45. The number of hydrogen-bond donors (Lipinski definition) is 2. The number of hydrazine groups is 1. The van der Waals surface area contributed by atoms with Gasteiger partial charge in [0.2, 0.25) is 10.0 Å². The lowest BCUT2D eigenvalue weighted by Gasteiger charge is -2.28. The minimum atomic E-state index is -3.62. The number of ketones is 1. The number of hydrogen-bond acceptors (Lipinski definition) is 6. The largest absolute Gasteiger partial charge is 0.479 e. The summed E-state index contributed by atoms with van der Waals surface area (Å²) in [5.41, 5.74) is 4.63. The molecule has 1 aromatic rings. The molecular formula is C23H25N3O6S. The van der Waals surface area contributed by atoms with Crippen molar-refractivity contribution in [1.29, 1.82) is 0 Å². The van der Waals surface area contributed by atoms with Gasteiger partial charge < -0.3 is 4.74 Å². The quantitative estimate of drug-likeness (QED) is 0.644. The molecule has 2 atom stereocenters. The van der Waals surface area contributed by atoms with Crippen LogP contribution in [0.3, 0.4) is 0 Å². The van der Waals surface area contributed by atoms with Crippen molar-refractivity contribution >= 4 is 27.6 Å². The lowest BCUT2D eigenvalue weighted by atomic mass is 9.91. The van der Waals surface area contributed by atoms with Gasteiger partial charge >= 0.3 is 5.91 Å². The monoisotopic (exact) mass is 471 g/mol. The van der Waals surface area contributed by atoms with Crippen LogP contribution in [-0.4, -0.2) is 49.5 Å². The summed E-state index contributed by atoms with van der Waals surface area (Å²) in [4.78, 5) is 37.1. The van der Waals surface area contributed by atoms with Gasteiger partial charge in [-0.25, -0.2) is 8.42 Å². The van der Waals surface area contributed by atoms with E-state index in [4.69, 9.17) is 4.74 Å². The highest BCUT2D eigenvalue weighted by atomic mass is 32.2. The molecular weight excluding hydrogens is 446 g/mol. The molecule has 2 aliphatic heterocycles. The van der Waals surface area contributed by atoms with E-state index in [0.29, 0.717) is 13.1 Å². The first-order valence-corrected chi connectivity index (χ1v) is 12.3. The highest BCUT2D eigenvalue weighted by Gasteiger charge is 2.33. The summed E-state index contributed by atoms with van der Waals surface area (Å²) in [6, 6.07) is 5.53. The Labute approximate surface area is 192 Å². The van der Waals surface area contributed by atoms with E-state index in [9.17, 15) is 22.8 Å². The Kier molecular flexibility index (Phi) is 6.75. The molecule has 0 spiro atoms. The van der Waals surface area contributed by atoms with Crippen molar-refractivity contribution in [2.45, 2.75) is 36.7 Å². The Bertz CT molecular complexity index is 1130. The van der Waals surface area contributed by atoms with E-state index in [2.05, 4.69) is 10.9 Å². The van der Waals surface area contributed by atoms with Crippen LogP contribution in [0.2, 0.25) is 0 Å². The number of amides is 2. The summed E-state index contributed by atoms with van der Waals surface area (Å²) in [5, 5.41) is 0. The van der Waals surface area contributed by atoms with Crippen molar-refractivity contribution in [3.8, 4) is 0 Å². The second-order valence-corrected chi connectivity index (χ2v) is 9.98. The van der Waals surface area contributed by atoms with E-state index in [1.807, 2.05) is 0 Å². The predicted molar refractivity (Wildman–Crippen MR) is 119 cm³/mol. The van der Waals surface area contributed by atoms with E-state index in [0.717, 1.165) is 31.8 Å². The Morgan fingerprint density at radius 3 is 2.24 bits per heavy atom. The van der Waals surface area contributed by atoms with Gasteiger partial charge in [-0.05, 0) is 43.2 Å². The molecule has 1 aliphatic carbocycles. The average Bonchev–Trinajstić information content (AvgIpc) is 3.13. The molecule has 0 bridgehead atoms. The molecule has 2 amide bonds. The molecule has 1 saturated heterocycles. The SMILES string of the molecule is O=C(NNC(=O)c1ccc(S(=O)(=O)N2CCCCCC2)cc1)C1=CC(=O)[C@@H]2C=CC=C[C@@H]2O1. The molecule has 174 valence electrons. The number of benzene rings is 1. The summed E-state index contributed by atoms with van der Waals surface area (Å²) in [5.74, 6) is -2.32. The predicted octanol–water partition coefficient (Wildman–Crippen LogP) is 1.61. The number of carbonyl (C=O) groups is 3. The summed E-state index contributed by atoms with van der Waals surface area (Å²) in [7, 11) is -3.62. The molecule has 0 saturated carbocycles. The highest BCUT2D eigenvalue weighted by molar-refractivity contribution is 7.89. The van der Waals surface area contributed by atoms with Gasteiger partial charge in [0.05, 0.1) is 10.8 Å². The van der Waals surface area contributed by atoms with Crippen LogP contribution in [0, 0.1) is 5.92 Å². The molecule has 1 aromatic carbocycles. The van der Waals surface area contributed by atoms with E-state index < -0.39 is 33.9 Å². The van der Waals surface area contributed by atoms with Gasteiger partial charge in [0, 0.05) is 24.7 Å². The first-order valence-electron chi connectivity index (χ1n) is 10.8. The maximum atomic E-state index is 12.8. The van der Waals surface area contributed by atoms with E-state index in [1.54, 1.807) is 24.3 Å². The molecule has 10 heteroatoms. The van der Waals surface area contributed by atoms with Gasteiger partial charge in [-0.15, -0.1) is 0 Å². The Morgan fingerprint density at radius 2 is 1.55 bits per heavy atom. The lowest BCUT2D eigenvalue weighted by molar-refractivity contribution is -0.128. The van der Waals surface area contributed by atoms with Gasteiger partial charge in [0.15, 0.2) is 11.5 Å². The van der Waals surface area contributed by atoms with Gasteiger partial charge in [0.1, 0.15) is 6.10 Å². The van der Waals surface area contributed by atoms with Crippen molar-refractivity contribution in [2.75, 3.05) is 13.1 Å². The molecule has 2 heterocycles. The van der Waals surface area contributed by atoms with Gasteiger partial charge in [-0.2, -0.15) is 4.31 Å². The fourth-order valence-electron chi connectivity index (χ4n) is 3.94. The van der Waals surface area contributed by atoms with E-state index >= 15 is 0 Å². The van der Waals surface area contributed by atoms with Crippen LogP contribution in [0.4, 0.5) is 0 Å². The third-order valence-corrected chi connectivity index (χ3v) is 7.69. The van der Waals surface area contributed by atoms with Crippen molar-refractivity contribution in [2.24, 2.45) is 5.92 Å². The number of nitrogens with one attached hydrogen (secondary N) is 2. The standard InChI is InChI=1S/C23H25N3O6S/c27-19-15-21(32-20-8-4-3-7-18(19)20)23(29)25-24-22(28)16-9-11-17(12-10-16)33(30,31)26-13-5-1-2-6-14-26/h3-4,7-12,15,18,20H,1-2,5-6,13-14H2,(H,24,28)(H,25,29)/t18-,20-/m0/s1. The van der Waals surface area contributed by atoms with Gasteiger partial charge in [-0.1, -0.05) is 31.1 Å². The van der Waals surface area contributed by atoms with Crippen molar-refractivity contribution < 1.29 is 27.5 Å². The zero-order chi connectivity index (χ0) is 23.4. The molecule has 3 aliphatic rings. The average molecular weight is 472 g/mol. The minimum Gasteiger partial charge on any atom is -0.479 e. The smallest absolute Gasteiger partial charge is 0.304 e. The molecule has 0 aromatic heterocycles. The number of fused-ring (bicyclic) bond motifs is 1. The van der Waals surface area contributed by atoms with Crippen LogP contribution in [-0.2, 0) is 24.3 Å². The van der Waals surface area contributed by atoms with Crippen molar-refractivity contribution in [3.63, 3.8) is 0 Å². The Hall–Kier alpha value is -3.24. The summed E-state index contributed by atoms with van der Waals surface area (Å²) < 4.78 is 32.7. The third-order valence-electron chi connectivity index (χ3n) is 5.78. The molecule has 0 radical (unpaired) electrons. The maximum absolute atomic E-state index is 12.8. The molecule has 0 unspecified atom stereocenters. The van der Waals surface area contributed by atoms with Crippen LogP contribution < -0.4 is 10.9 Å². The molecule has 2 N–H and O–H groups in total. The molecule has 33 heavy (non-hydrogen) atoms. The summed E-state index contributed by atoms with van der Waals surface area (Å²) in [6.45, 7) is 0.982. The summed E-state index contributed by atoms with van der Waals surface area (Å²) in [6.07, 6.45) is 11.1. The second kappa shape index (κ2) is 9.72. The fourth-order valence-corrected chi connectivity index (χ4v) is 5.45. The van der Waals surface area contributed by atoms with Crippen LogP contribution in [0.15, 0.2) is 65.3 Å². The number of nitrogens with zero attached hydrogens (tertiary/aromatic N) is 1. The topological polar surface area (TPSA) is 122 Å². The van der Waals surface area contributed by atoms with Crippen LogP contribution >= 0.6 is 0 Å². The van der Waals surface area contributed by atoms with Crippen LogP contribution in [0.5, 0.6) is 0 Å². The third kappa shape index (κ3) is 5.07. The number of allylic oxidation sites excluding steroid dienone is 3. The number of rotatable bonds is 4. The highest BCUT2D eigenvalue weighted by Crippen LogP contribution is 2.25. The molecule has 1 fully saturated rings. The second-order valence-electron chi connectivity index (χ2n) is 8.04. The van der Waals surface area contributed by atoms with Crippen molar-refractivity contribution in [3.05, 3.63) is 66.0 Å².